The van der Waals surface area contributed by atoms with Gasteiger partial charge in [0.1, 0.15) is 28.8 Å². The summed E-state index contributed by atoms with van der Waals surface area (Å²) in [4.78, 5) is 0.0576. The van der Waals surface area contributed by atoms with E-state index >= 15 is 0 Å². The third-order valence-electron chi connectivity index (χ3n) is 3.52. The molecule has 6 nitrogen and oxygen atoms in total. The van der Waals surface area contributed by atoms with Crippen LogP contribution in [-0.4, -0.2) is 35.8 Å². The lowest BCUT2D eigenvalue weighted by Crippen LogP contribution is -2.28. The molecule has 0 fully saturated rings. The number of ether oxygens (including phenoxy) is 3. The minimum Gasteiger partial charge on any atom is -0.497 e. The second kappa shape index (κ2) is 8.22. The van der Waals surface area contributed by atoms with E-state index in [1.807, 2.05) is 32.0 Å². The number of benzene rings is 2. The fraction of sp³-hybridized carbons (Fsp3) is 0.333. The van der Waals surface area contributed by atoms with Crippen molar-refractivity contribution in [3.63, 3.8) is 0 Å². The minimum absolute atomic E-state index is 0.0576. The van der Waals surface area contributed by atoms with Crippen LogP contribution in [0.25, 0.3) is 0 Å². The Bertz CT molecular complexity index is 813. The van der Waals surface area contributed by atoms with Crippen LogP contribution in [0.1, 0.15) is 11.1 Å². The topological polar surface area (TPSA) is 73.9 Å². The molecule has 0 bridgehead atoms. The zero-order valence-electron chi connectivity index (χ0n) is 14.8. The van der Waals surface area contributed by atoms with Crippen LogP contribution in [0.4, 0.5) is 0 Å². The third kappa shape index (κ3) is 5.11. The lowest BCUT2D eigenvalue weighted by atomic mass is 10.1. The number of rotatable bonds is 8. The SMILES string of the molecule is COc1ccc(S(=O)(=O)NCCOc2cc(C)cc(C)c2)c(OC)c1. The second-order valence-corrected chi connectivity index (χ2v) is 7.32. The van der Waals surface area contributed by atoms with Gasteiger partial charge in [0.25, 0.3) is 0 Å². The van der Waals surface area contributed by atoms with E-state index < -0.39 is 10.0 Å². The van der Waals surface area contributed by atoms with E-state index in [0.717, 1.165) is 16.9 Å². The number of methoxy groups -OCH3 is 2. The molecule has 0 unspecified atom stereocenters. The maximum Gasteiger partial charge on any atom is 0.244 e. The van der Waals surface area contributed by atoms with Gasteiger partial charge in [-0.15, -0.1) is 0 Å². The number of hydrogen-bond acceptors (Lipinski definition) is 5. The van der Waals surface area contributed by atoms with Gasteiger partial charge in [0, 0.05) is 12.6 Å². The van der Waals surface area contributed by atoms with Crippen LogP contribution in [0, 0.1) is 13.8 Å². The highest BCUT2D eigenvalue weighted by molar-refractivity contribution is 7.89. The van der Waals surface area contributed by atoms with Crippen molar-refractivity contribution in [3.8, 4) is 17.2 Å². The van der Waals surface area contributed by atoms with Crippen LogP contribution in [-0.2, 0) is 10.0 Å². The molecule has 2 aromatic rings. The predicted octanol–water partition coefficient (Wildman–Crippen LogP) is 2.68. The average Bonchev–Trinajstić information content (AvgIpc) is 2.57. The van der Waals surface area contributed by atoms with Crippen molar-refractivity contribution in [2.75, 3.05) is 27.4 Å². The fourth-order valence-electron chi connectivity index (χ4n) is 2.44. The Morgan fingerprint density at radius 2 is 1.60 bits per heavy atom. The lowest BCUT2D eigenvalue weighted by molar-refractivity contribution is 0.322. The second-order valence-electron chi connectivity index (χ2n) is 5.59. The highest BCUT2D eigenvalue weighted by Crippen LogP contribution is 2.28. The number of hydrogen-bond donors (Lipinski definition) is 1. The molecule has 136 valence electrons. The van der Waals surface area contributed by atoms with Gasteiger partial charge in [-0.2, -0.15) is 0 Å². The van der Waals surface area contributed by atoms with E-state index in [0.29, 0.717) is 5.75 Å². The summed E-state index contributed by atoms with van der Waals surface area (Å²) >= 11 is 0. The maximum absolute atomic E-state index is 12.4. The zero-order chi connectivity index (χ0) is 18.4. The molecule has 1 N–H and O–H groups in total. The maximum atomic E-state index is 12.4. The largest absolute Gasteiger partial charge is 0.497 e. The lowest BCUT2D eigenvalue weighted by Gasteiger charge is -2.13. The molecule has 0 aliphatic heterocycles. The zero-order valence-corrected chi connectivity index (χ0v) is 15.6. The first-order valence-electron chi connectivity index (χ1n) is 7.78. The molecule has 0 spiro atoms. The molecule has 25 heavy (non-hydrogen) atoms. The highest BCUT2D eigenvalue weighted by Gasteiger charge is 2.19. The minimum atomic E-state index is -3.71. The highest BCUT2D eigenvalue weighted by atomic mass is 32.2. The Hall–Kier alpha value is -2.25. The number of nitrogens with one attached hydrogen (secondary N) is 1. The molecule has 0 saturated heterocycles. The van der Waals surface area contributed by atoms with E-state index in [4.69, 9.17) is 14.2 Å². The van der Waals surface area contributed by atoms with Crippen molar-refractivity contribution in [2.24, 2.45) is 0 Å². The van der Waals surface area contributed by atoms with Crippen molar-refractivity contribution in [3.05, 3.63) is 47.5 Å². The van der Waals surface area contributed by atoms with E-state index in [2.05, 4.69) is 4.72 Å². The molecule has 0 saturated carbocycles. The first-order chi connectivity index (χ1) is 11.9. The van der Waals surface area contributed by atoms with Gasteiger partial charge < -0.3 is 14.2 Å². The van der Waals surface area contributed by atoms with Crippen LogP contribution in [0.3, 0.4) is 0 Å². The van der Waals surface area contributed by atoms with Crippen LogP contribution in [0.15, 0.2) is 41.3 Å². The predicted molar refractivity (Wildman–Crippen MR) is 96.1 cm³/mol. The Labute approximate surface area is 148 Å². The molecular weight excluding hydrogens is 342 g/mol. The summed E-state index contributed by atoms with van der Waals surface area (Å²) in [5.74, 6) is 1.47. The Morgan fingerprint density at radius 3 is 2.20 bits per heavy atom. The summed E-state index contributed by atoms with van der Waals surface area (Å²) in [6, 6.07) is 10.4. The Balaban J connectivity index is 2.00. The van der Waals surface area contributed by atoms with Gasteiger partial charge in [-0.1, -0.05) is 6.07 Å². The van der Waals surface area contributed by atoms with Crippen molar-refractivity contribution < 1.29 is 22.6 Å². The first-order valence-corrected chi connectivity index (χ1v) is 9.27. The quantitative estimate of drug-likeness (QED) is 0.728. The molecule has 0 heterocycles. The third-order valence-corrected chi connectivity index (χ3v) is 5.02. The summed E-state index contributed by atoms with van der Waals surface area (Å²) in [5, 5.41) is 0. The smallest absolute Gasteiger partial charge is 0.244 e. The molecule has 0 amide bonds. The molecule has 2 aromatic carbocycles. The molecular formula is C18H23NO5S. The van der Waals surface area contributed by atoms with E-state index in [-0.39, 0.29) is 23.8 Å². The van der Waals surface area contributed by atoms with Crippen molar-refractivity contribution in [1.82, 2.24) is 4.72 Å². The first kappa shape index (κ1) is 19.1. The van der Waals surface area contributed by atoms with Gasteiger partial charge in [-0.25, -0.2) is 13.1 Å². The molecule has 7 heteroatoms. The van der Waals surface area contributed by atoms with E-state index in [1.165, 1.54) is 26.4 Å². The fourth-order valence-corrected chi connectivity index (χ4v) is 3.60. The summed E-state index contributed by atoms with van der Waals surface area (Å²) in [6.45, 7) is 4.34. The number of aryl methyl sites for hydroxylation is 2. The van der Waals surface area contributed by atoms with Crippen LogP contribution in [0.5, 0.6) is 17.2 Å². The van der Waals surface area contributed by atoms with E-state index in [1.54, 1.807) is 6.07 Å². The van der Waals surface area contributed by atoms with Crippen molar-refractivity contribution in [2.45, 2.75) is 18.7 Å². The normalized spacial score (nSPS) is 11.2. The van der Waals surface area contributed by atoms with Crippen LogP contribution >= 0.6 is 0 Å². The van der Waals surface area contributed by atoms with Gasteiger partial charge in [0.2, 0.25) is 10.0 Å². The van der Waals surface area contributed by atoms with Crippen LogP contribution in [0.2, 0.25) is 0 Å². The van der Waals surface area contributed by atoms with Gasteiger partial charge in [0.15, 0.2) is 0 Å². The number of sulfonamides is 1. The summed E-state index contributed by atoms with van der Waals surface area (Å²) < 4.78 is 43.2. The van der Waals surface area contributed by atoms with Gasteiger partial charge in [0.05, 0.1) is 14.2 Å². The van der Waals surface area contributed by atoms with Crippen LogP contribution < -0.4 is 18.9 Å². The Kier molecular flexibility index (Phi) is 6.27. The molecule has 0 radical (unpaired) electrons. The Morgan fingerprint density at radius 1 is 0.920 bits per heavy atom. The molecule has 0 aromatic heterocycles. The molecule has 0 atom stereocenters. The average molecular weight is 365 g/mol. The van der Waals surface area contributed by atoms with Crippen molar-refractivity contribution in [1.29, 1.82) is 0 Å². The molecule has 2 rings (SSSR count). The molecule has 0 aliphatic rings. The van der Waals surface area contributed by atoms with Gasteiger partial charge in [-0.3, -0.25) is 0 Å². The monoisotopic (exact) mass is 365 g/mol. The van der Waals surface area contributed by atoms with Gasteiger partial charge in [-0.05, 0) is 49.2 Å². The van der Waals surface area contributed by atoms with Crippen molar-refractivity contribution >= 4 is 10.0 Å². The summed E-state index contributed by atoms with van der Waals surface area (Å²) in [7, 11) is -0.790. The van der Waals surface area contributed by atoms with E-state index in [9.17, 15) is 8.42 Å². The summed E-state index contributed by atoms with van der Waals surface area (Å²) in [5.41, 5.74) is 2.19. The standard InChI is InChI=1S/C18H23NO5S/c1-13-9-14(2)11-16(10-13)24-8-7-19-25(20,21)18-6-5-15(22-3)12-17(18)23-4/h5-6,9-12,19H,7-8H2,1-4H3. The van der Waals surface area contributed by atoms with Gasteiger partial charge >= 0.3 is 0 Å². The molecule has 0 aliphatic carbocycles. The summed E-state index contributed by atoms with van der Waals surface area (Å²) in [6.07, 6.45) is 0.